The maximum atomic E-state index is 5.00. The van der Waals surface area contributed by atoms with Gasteiger partial charge in [0.05, 0.1) is 5.54 Å². The first-order valence-electron chi connectivity index (χ1n) is 2.31. The molecule has 0 radical (unpaired) electrons. The van der Waals surface area contributed by atoms with Crippen molar-refractivity contribution in [1.29, 1.82) is 0 Å². The van der Waals surface area contributed by atoms with Crippen LogP contribution in [0, 0.1) is 0 Å². The van der Waals surface area contributed by atoms with Gasteiger partial charge in [0.1, 0.15) is 0 Å². The van der Waals surface area contributed by atoms with Crippen LogP contribution >= 0.6 is 36.8 Å². The van der Waals surface area contributed by atoms with Gasteiger partial charge in [0.2, 0.25) is 0 Å². The van der Waals surface area contributed by atoms with Gasteiger partial charge < -0.3 is 5.73 Å². The number of halogens is 4. The van der Waals surface area contributed by atoms with Crippen LogP contribution in [-0.2, 0) is 12.8 Å². The minimum atomic E-state index is -3.00. The van der Waals surface area contributed by atoms with Gasteiger partial charge in [-0.3, -0.25) is 0 Å². The van der Waals surface area contributed by atoms with Gasteiger partial charge in [-0.25, -0.2) is 0 Å². The van der Waals surface area contributed by atoms with Crippen LogP contribution < -0.4 is 5.73 Å². The summed E-state index contributed by atoms with van der Waals surface area (Å²) < 4.78 is 0. The van der Waals surface area contributed by atoms with Gasteiger partial charge in [-0.2, -0.15) is 0 Å². The molecule has 6 heteroatoms. The zero-order valence-corrected chi connectivity index (χ0v) is 11.2. The molecular formula is C4H12AuCl4N. The predicted molar refractivity (Wildman–Crippen MR) is 46.1 cm³/mol. The Bertz CT molecular complexity index is 60.2. The second kappa shape index (κ2) is 5.50. The molecule has 0 bridgehead atoms. The third kappa shape index (κ3) is 224. The molecule has 3 N–H and O–H groups in total. The third-order valence-corrected chi connectivity index (χ3v) is 0. The Balaban J connectivity index is 0. The summed E-state index contributed by atoms with van der Waals surface area (Å²) in [5, 5.41) is 0. The molecule has 0 aliphatic heterocycles. The van der Waals surface area contributed by atoms with E-state index in [1.54, 1.807) is 0 Å². The van der Waals surface area contributed by atoms with Crippen LogP contribution in [0.2, 0.25) is 0 Å². The molecule has 0 spiro atoms. The molecule has 0 atom stereocenters. The van der Waals surface area contributed by atoms with E-state index in [9.17, 15) is 0 Å². The molecule has 0 saturated carbocycles. The van der Waals surface area contributed by atoms with Gasteiger partial charge in [-0.15, -0.1) is 0 Å². The molecule has 0 rings (SSSR count). The predicted octanol–water partition coefficient (Wildman–Crippen LogP) is 2.78. The minimum absolute atomic E-state index is 0.250. The van der Waals surface area contributed by atoms with Crippen LogP contribution in [0.15, 0.2) is 0 Å². The SMILES string of the molecule is CC(C)(C)[NH3+].[Cl][Au-]([Cl])([Cl])[Cl]. The summed E-state index contributed by atoms with van der Waals surface area (Å²) in [6.07, 6.45) is 0. The molecule has 0 heterocycles. The van der Waals surface area contributed by atoms with Crippen molar-refractivity contribution in [3.63, 3.8) is 0 Å². The van der Waals surface area contributed by atoms with E-state index in [-0.39, 0.29) is 5.54 Å². The number of rotatable bonds is 0. The summed E-state index contributed by atoms with van der Waals surface area (Å²) in [6, 6.07) is 0. The Hall–Kier alpha value is 1.86. The molecule has 0 aromatic heterocycles. The first-order valence-corrected chi connectivity index (χ1v) is 13.0. The van der Waals surface area contributed by atoms with Crippen molar-refractivity contribution in [2.45, 2.75) is 26.3 Å². The zero-order valence-electron chi connectivity index (χ0n) is 6.02. The van der Waals surface area contributed by atoms with E-state index in [2.05, 4.69) is 26.5 Å². The van der Waals surface area contributed by atoms with E-state index in [1.807, 2.05) is 0 Å². The van der Waals surface area contributed by atoms with Gasteiger partial charge in [0.25, 0.3) is 0 Å². The normalized spacial score (nSPS) is 13.6. The third-order valence-electron chi connectivity index (χ3n) is 0. The molecule has 0 unspecified atom stereocenters. The van der Waals surface area contributed by atoms with Crippen molar-refractivity contribution in [3.05, 3.63) is 0 Å². The number of quaternary nitrogens is 1. The molecule has 72 valence electrons. The Morgan fingerprint density at radius 3 is 1.00 bits per heavy atom. The Kier molecular flexibility index (Phi) is 7.91. The van der Waals surface area contributed by atoms with Crippen LogP contribution in [0.5, 0.6) is 0 Å². The van der Waals surface area contributed by atoms with Crippen LogP contribution in [0.25, 0.3) is 0 Å². The Labute approximate surface area is 81.0 Å². The summed E-state index contributed by atoms with van der Waals surface area (Å²) in [4.78, 5) is 0. The Morgan fingerprint density at radius 1 is 1.00 bits per heavy atom. The van der Waals surface area contributed by atoms with Crippen LogP contribution in [0.3, 0.4) is 0 Å². The number of hydrogen-bond acceptors (Lipinski definition) is 0. The fourth-order valence-electron chi connectivity index (χ4n) is 0. The van der Waals surface area contributed by atoms with E-state index in [4.69, 9.17) is 36.8 Å². The van der Waals surface area contributed by atoms with Crippen LogP contribution in [0.1, 0.15) is 20.8 Å². The first-order chi connectivity index (χ1) is 4.00. The molecule has 0 aliphatic rings. The van der Waals surface area contributed by atoms with E-state index < -0.39 is 12.8 Å². The maximum absolute atomic E-state index is 5.00. The van der Waals surface area contributed by atoms with Crippen molar-refractivity contribution in [1.82, 2.24) is 0 Å². The van der Waals surface area contributed by atoms with Crippen molar-refractivity contribution in [3.8, 4) is 0 Å². The summed E-state index contributed by atoms with van der Waals surface area (Å²) in [5.41, 5.74) is 4.02. The van der Waals surface area contributed by atoms with Gasteiger partial charge in [0.15, 0.2) is 0 Å². The molecule has 0 saturated heterocycles. The van der Waals surface area contributed by atoms with Crippen molar-refractivity contribution >= 4 is 36.8 Å². The fraction of sp³-hybridized carbons (Fsp3) is 1.00. The molecular weight excluding hydrogens is 401 g/mol. The van der Waals surface area contributed by atoms with Gasteiger partial charge >= 0.3 is 49.6 Å². The van der Waals surface area contributed by atoms with E-state index in [0.29, 0.717) is 0 Å². The number of hydrogen-bond donors (Lipinski definition) is 1. The van der Waals surface area contributed by atoms with Crippen molar-refractivity contribution in [2.75, 3.05) is 0 Å². The molecule has 0 amide bonds. The Morgan fingerprint density at radius 2 is 1.00 bits per heavy atom. The van der Waals surface area contributed by atoms with Gasteiger partial charge in [0, 0.05) is 0 Å². The molecule has 0 aromatic carbocycles. The molecule has 0 aliphatic carbocycles. The van der Waals surface area contributed by atoms with E-state index in [0.717, 1.165) is 0 Å². The van der Waals surface area contributed by atoms with Crippen LogP contribution in [-0.4, -0.2) is 5.54 Å². The van der Waals surface area contributed by atoms with Gasteiger partial charge in [-0.1, -0.05) is 0 Å². The van der Waals surface area contributed by atoms with Crippen molar-refractivity contribution < 1.29 is 18.5 Å². The van der Waals surface area contributed by atoms with Gasteiger partial charge in [-0.05, 0) is 20.8 Å². The summed E-state index contributed by atoms with van der Waals surface area (Å²) in [7, 11) is 20.0. The zero-order chi connectivity index (χ0) is 9.00. The first kappa shape index (κ1) is 14.4. The average molecular weight is 413 g/mol. The second-order valence-corrected chi connectivity index (χ2v) is 21.6. The second-order valence-electron chi connectivity index (χ2n) is 2.82. The van der Waals surface area contributed by atoms with Crippen molar-refractivity contribution in [2.24, 2.45) is 0 Å². The van der Waals surface area contributed by atoms with E-state index in [1.165, 1.54) is 0 Å². The summed E-state index contributed by atoms with van der Waals surface area (Å²) >= 11 is -3.00. The molecule has 0 fully saturated rings. The summed E-state index contributed by atoms with van der Waals surface area (Å²) in [6.45, 7) is 6.23. The monoisotopic (exact) mass is 411 g/mol. The van der Waals surface area contributed by atoms with Crippen LogP contribution in [0.4, 0.5) is 0 Å². The van der Waals surface area contributed by atoms with E-state index >= 15 is 0 Å². The summed E-state index contributed by atoms with van der Waals surface area (Å²) in [5.74, 6) is 0. The molecule has 1 nitrogen and oxygen atoms in total. The molecule has 0 aromatic rings. The standard InChI is InChI=1S/C4H11N.Au.4ClH/c1-4(2,3)5;;;;;/h5H2,1-3H3;;4*1H/q;+3;;;;/p-3. The average Bonchev–Trinajstić information content (AvgIpc) is 1.12. The topological polar surface area (TPSA) is 27.6 Å². The molecule has 10 heavy (non-hydrogen) atoms. The fourth-order valence-corrected chi connectivity index (χ4v) is 0. The quantitative estimate of drug-likeness (QED) is 0.592.